The third kappa shape index (κ3) is 4.60. The molecule has 2 aliphatic heterocycles. The van der Waals surface area contributed by atoms with Gasteiger partial charge in [-0.2, -0.15) is 0 Å². The van der Waals surface area contributed by atoms with Gasteiger partial charge >= 0.3 is 0 Å². The Bertz CT molecular complexity index is 982. The van der Waals surface area contributed by atoms with Crippen molar-refractivity contribution >= 4 is 28.6 Å². The first kappa shape index (κ1) is 21.4. The number of aryl methyl sites for hydroxylation is 1. The summed E-state index contributed by atoms with van der Waals surface area (Å²) in [6, 6.07) is 8.17. The highest BCUT2D eigenvalue weighted by Gasteiger charge is 2.32. The van der Waals surface area contributed by atoms with Crippen molar-refractivity contribution in [2.24, 2.45) is 5.92 Å². The highest BCUT2D eigenvalue weighted by atomic mass is 16.2. The van der Waals surface area contributed by atoms with E-state index in [-0.39, 0.29) is 23.6 Å². The van der Waals surface area contributed by atoms with Crippen LogP contribution in [0.3, 0.4) is 0 Å². The van der Waals surface area contributed by atoms with Crippen molar-refractivity contribution in [1.29, 1.82) is 0 Å². The Morgan fingerprint density at radius 2 is 1.87 bits per heavy atom. The Kier molecular flexibility index (Phi) is 6.30. The lowest BCUT2D eigenvalue weighted by Crippen LogP contribution is -2.46. The second-order valence-electron chi connectivity index (χ2n) is 8.88. The van der Waals surface area contributed by atoms with E-state index in [9.17, 15) is 14.4 Å². The molecule has 2 saturated heterocycles. The summed E-state index contributed by atoms with van der Waals surface area (Å²) in [6.45, 7) is 5.21. The lowest BCUT2D eigenvalue weighted by molar-refractivity contribution is -0.142. The number of benzene rings is 1. The van der Waals surface area contributed by atoms with E-state index in [4.69, 9.17) is 0 Å². The molecule has 1 aromatic carbocycles. The SMILES string of the molecule is Cc1c(CN(C)C(=O)[C@H]2CCC(=O)N(CCCN3CCCC3=O)C2)[nH]c2ccccc12. The van der Waals surface area contributed by atoms with E-state index >= 15 is 0 Å². The van der Waals surface area contributed by atoms with Crippen molar-refractivity contribution in [2.75, 3.05) is 33.2 Å². The molecule has 7 nitrogen and oxygen atoms in total. The molecular formula is C24H32N4O3. The summed E-state index contributed by atoms with van der Waals surface area (Å²) < 4.78 is 0. The molecule has 0 unspecified atom stereocenters. The maximum Gasteiger partial charge on any atom is 0.227 e. The Hall–Kier alpha value is -2.83. The highest BCUT2D eigenvalue weighted by Crippen LogP contribution is 2.24. The Labute approximate surface area is 183 Å². The van der Waals surface area contributed by atoms with Gasteiger partial charge in [0.2, 0.25) is 17.7 Å². The third-order valence-electron chi connectivity index (χ3n) is 6.72. The molecule has 0 spiro atoms. The second-order valence-corrected chi connectivity index (χ2v) is 8.88. The van der Waals surface area contributed by atoms with E-state index in [1.54, 1.807) is 4.90 Å². The van der Waals surface area contributed by atoms with Crippen molar-refractivity contribution in [3.05, 3.63) is 35.5 Å². The molecule has 2 fully saturated rings. The highest BCUT2D eigenvalue weighted by molar-refractivity contribution is 5.86. The number of aromatic amines is 1. The lowest BCUT2D eigenvalue weighted by Gasteiger charge is -2.34. The number of hydrogen-bond acceptors (Lipinski definition) is 3. The number of carbonyl (C=O) groups excluding carboxylic acids is 3. The van der Waals surface area contributed by atoms with Crippen molar-refractivity contribution in [1.82, 2.24) is 19.7 Å². The second kappa shape index (κ2) is 9.12. The first-order chi connectivity index (χ1) is 14.9. The zero-order valence-electron chi connectivity index (χ0n) is 18.5. The number of piperidine rings is 1. The molecule has 3 heterocycles. The minimum absolute atomic E-state index is 0.0882. The standard InChI is InChI=1S/C24H32N4O3/c1-17-19-7-3-4-8-20(19)25-21(17)16-26(2)24(31)18-10-11-23(30)28(15-18)14-6-13-27-12-5-9-22(27)29/h3-4,7-8,18,25H,5-6,9-16H2,1-2H3/t18-/m0/s1. The third-order valence-corrected chi connectivity index (χ3v) is 6.72. The van der Waals surface area contributed by atoms with Gasteiger partial charge in [0.05, 0.1) is 12.5 Å². The molecule has 7 heteroatoms. The summed E-state index contributed by atoms with van der Waals surface area (Å²) in [5, 5.41) is 1.18. The fourth-order valence-corrected chi connectivity index (χ4v) is 4.85. The minimum Gasteiger partial charge on any atom is -0.357 e. The number of hydrogen-bond donors (Lipinski definition) is 1. The van der Waals surface area contributed by atoms with E-state index in [0.717, 1.165) is 30.6 Å². The van der Waals surface area contributed by atoms with Crippen LogP contribution in [0.1, 0.15) is 43.4 Å². The van der Waals surface area contributed by atoms with Crippen molar-refractivity contribution in [3.63, 3.8) is 0 Å². The van der Waals surface area contributed by atoms with Gasteiger partial charge in [0.1, 0.15) is 0 Å². The molecule has 2 aromatic rings. The van der Waals surface area contributed by atoms with Crippen molar-refractivity contribution in [3.8, 4) is 0 Å². The number of carbonyl (C=O) groups is 3. The van der Waals surface area contributed by atoms with Gasteiger partial charge < -0.3 is 19.7 Å². The zero-order chi connectivity index (χ0) is 22.0. The number of likely N-dealkylation sites (tertiary alicyclic amines) is 2. The summed E-state index contributed by atoms with van der Waals surface area (Å²) >= 11 is 0. The fraction of sp³-hybridized carbons (Fsp3) is 0.542. The van der Waals surface area contributed by atoms with Crippen molar-refractivity contribution < 1.29 is 14.4 Å². The fourth-order valence-electron chi connectivity index (χ4n) is 4.85. The number of amides is 3. The summed E-state index contributed by atoms with van der Waals surface area (Å²) in [4.78, 5) is 46.2. The molecule has 166 valence electrons. The number of para-hydroxylation sites is 1. The molecule has 4 rings (SSSR count). The molecule has 0 aliphatic carbocycles. The molecular weight excluding hydrogens is 392 g/mol. The molecule has 0 saturated carbocycles. The van der Waals surface area contributed by atoms with Gasteiger partial charge in [-0.05, 0) is 37.8 Å². The Morgan fingerprint density at radius 1 is 1.13 bits per heavy atom. The number of aromatic nitrogens is 1. The van der Waals surface area contributed by atoms with Crippen LogP contribution in [0.2, 0.25) is 0 Å². The molecule has 1 atom stereocenters. The van der Waals surface area contributed by atoms with Gasteiger partial charge in [-0.15, -0.1) is 0 Å². The maximum absolute atomic E-state index is 13.1. The van der Waals surface area contributed by atoms with E-state index < -0.39 is 0 Å². The summed E-state index contributed by atoms with van der Waals surface area (Å²) in [7, 11) is 1.84. The maximum atomic E-state index is 13.1. The molecule has 1 N–H and O–H groups in total. The van der Waals surface area contributed by atoms with Crippen LogP contribution < -0.4 is 0 Å². The number of rotatable bonds is 7. The monoisotopic (exact) mass is 424 g/mol. The normalized spacial score (nSPS) is 19.5. The number of nitrogens with one attached hydrogen (secondary N) is 1. The van der Waals surface area contributed by atoms with Gasteiger partial charge in [-0.25, -0.2) is 0 Å². The van der Waals surface area contributed by atoms with Gasteiger partial charge in [0.15, 0.2) is 0 Å². The van der Waals surface area contributed by atoms with E-state index in [1.807, 2.05) is 35.0 Å². The number of H-pyrrole nitrogens is 1. The molecule has 0 bridgehead atoms. The summed E-state index contributed by atoms with van der Waals surface area (Å²) in [5.41, 5.74) is 3.31. The van der Waals surface area contributed by atoms with Crippen LogP contribution >= 0.6 is 0 Å². The predicted molar refractivity (Wildman–Crippen MR) is 119 cm³/mol. The van der Waals surface area contributed by atoms with Crippen LogP contribution in [0.25, 0.3) is 10.9 Å². The molecule has 2 aliphatic rings. The van der Waals surface area contributed by atoms with Crippen LogP contribution in [0.15, 0.2) is 24.3 Å². The first-order valence-electron chi connectivity index (χ1n) is 11.3. The van der Waals surface area contributed by atoms with Gasteiger partial charge in [0.25, 0.3) is 0 Å². The average molecular weight is 425 g/mol. The Balaban J connectivity index is 1.33. The smallest absolute Gasteiger partial charge is 0.227 e. The van der Waals surface area contributed by atoms with Crippen LogP contribution in [0.4, 0.5) is 0 Å². The van der Waals surface area contributed by atoms with E-state index in [1.165, 1.54) is 10.9 Å². The van der Waals surface area contributed by atoms with E-state index in [2.05, 4.69) is 18.0 Å². The average Bonchev–Trinajstić information content (AvgIpc) is 3.32. The van der Waals surface area contributed by atoms with Gasteiger partial charge in [-0.1, -0.05) is 18.2 Å². The quantitative estimate of drug-likeness (QED) is 0.742. The largest absolute Gasteiger partial charge is 0.357 e. The zero-order valence-corrected chi connectivity index (χ0v) is 18.5. The van der Waals surface area contributed by atoms with Crippen LogP contribution in [0.5, 0.6) is 0 Å². The summed E-state index contributed by atoms with van der Waals surface area (Å²) in [5.74, 6) is 0.254. The molecule has 0 radical (unpaired) electrons. The van der Waals surface area contributed by atoms with Crippen LogP contribution in [0, 0.1) is 12.8 Å². The van der Waals surface area contributed by atoms with Crippen LogP contribution in [-0.2, 0) is 20.9 Å². The Morgan fingerprint density at radius 3 is 2.61 bits per heavy atom. The topological polar surface area (TPSA) is 76.7 Å². The predicted octanol–water partition coefficient (Wildman–Crippen LogP) is 2.69. The number of nitrogens with zero attached hydrogens (tertiary/aromatic N) is 3. The number of fused-ring (bicyclic) bond motifs is 1. The first-order valence-corrected chi connectivity index (χ1v) is 11.3. The van der Waals surface area contributed by atoms with Crippen molar-refractivity contribution in [2.45, 2.75) is 45.6 Å². The minimum atomic E-state index is -0.166. The molecule has 1 aromatic heterocycles. The summed E-state index contributed by atoms with van der Waals surface area (Å²) in [6.07, 6.45) is 3.36. The molecule has 3 amide bonds. The van der Waals surface area contributed by atoms with E-state index in [0.29, 0.717) is 45.4 Å². The van der Waals surface area contributed by atoms with Crippen LogP contribution in [-0.4, -0.2) is 70.6 Å². The van der Waals surface area contributed by atoms with Gasteiger partial charge in [0, 0.05) is 62.7 Å². The lowest BCUT2D eigenvalue weighted by atomic mass is 9.95. The molecule has 31 heavy (non-hydrogen) atoms. The van der Waals surface area contributed by atoms with Gasteiger partial charge in [-0.3, -0.25) is 14.4 Å².